The molecule has 3 aromatic rings. The lowest BCUT2D eigenvalue weighted by molar-refractivity contribution is -0.131. The van der Waals surface area contributed by atoms with E-state index in [9.17, 15) is 9.59 Å². The fraction of sp³-hybridized carbons (Fsp3) is 0.333. The minimum atomic E-state index is -0.0932. The van der Waals surface area contributed by atoms with Gasteiger partial charge in [-0.15, -0.1) is 0 Å². The quantitative estimate of drug-likeness (QED) is 0.598. The Labute approximate surface area is 190 Å². The molecule has 1 aliphatic heterocycles. The van der Waals surface area contributed by atoms with Crippen LogP contribution in [0.15, 0.2) is 53.0 Å². The second kappa shape index (κ2) is 9.14. The van der Waals surface area contributed by atoms with Gasteiger partial charge >= 0.3 is 0 Å². The molecule has 2 aromatic carbocycles. The normalized spacial score (nSPS) is 14.6. The zero-order chi connectivity index (χ0) is 22.0. The van der Waals surface area contributed by atoms with E-state index in [1.54, 1.807) is 7.11 Å². The largest absolute Gasteiger partial charge is 0.496 e. The van der Waals surface area contributed by atoms with Crippen LogP contribution in [0.2, 0.25) is 0 Å². The molecule has 1 saturated heterocycles. The van der Waals surface area contributed by atoms with Gasteiger partial charge in [0, 0.05) is 42.6 Å². The van der Waals surface area contributed by atoms with Crippen LogP contribution in [-0.2, 0) is 18.3 Å². The van der Waals surface area contributed by atoms with Crippen molar-refractivity contribution in [2.24, 2.45) is 7.05 Å². The van der Waals surface area contributed by atoms with E-state index >= 15 is 0 Å². The standard InChI is InChI=1S/C24H26BrN3O3/c1-27-19-9-5-4-8-18(19)22(25)23(27)24(30)26-17-11-13-28(14-12-17)21(29)15-16-7-3-6-10-20(16)31-2/h3-10,17H,11-15H2,1-2H3,(H,26,30). The van der Waals surface area contributed by atoms with Crippen molar-refractivity contribution in [3.8, 4) is 5.75 Å². The maximum atomic E-state index is 13.0. The first-order valence-electron chi connectivity index (χ1n) is 10.4. The van der Waals surface area contributed by atoms with Gasteiger partial charge < -0.3 is 19.5 Å². The number of methoxy groups -OCH3 is 1. The van der Waals surface area contributed by atoms with Gasteiger partial charge in [-0.1, -0.05) is 36.4 Å². The molecule has 162 valence electrons. The molecule has 7 heteroatoms. The molecule has 0 spiro atoms. The fourth-order valence-corrected chi connectivity index (χ4v) is 5.03. The van der Waals surface area contributed by atoms with E-state index in [0.29, 0.717) is 25.2 Å². The number of piperidine rings is 1. The third kappa shape index (κ3) is 4.32. The Kier molecular flexibility index (Phi) is 6.32. The SMILES string of the molecule is COc1ccccc1CC(=O)N1CCC(NC(=O)c2c(Br)c3ccccc3n2C)CC1. The number of aromatic nitrogens is 1. The molecule has 1 N–H and O–H groups in total. The summed E-state index contributed by atoms with van der Waals surface area (Å²) in [5, 5.41) is 4.18. The Hall–Kier alpha value is -2.80. The molecular formula is C24H26BrN3O3. The average molecular weight is 484 g/mol. The molecule has 0 bridgehead atoms. The van der Waals surface area contributed by atoms with E-state index in [1.165, 1.54) is 0 Å². The summed E-state index contributed by atoms with van der Waals surface area (Å²) in [7, 11) is 3.52. The van der Waals surface area contributed by atoms with E-state index in [0.717, 1.165) is 39.5 Å². The fourth-order valence-electron chi connectivity index (χ4n) is 4.25. The van der Waals surface area contributed by atoms with Gasteiger partial charge in [-0.2, -0.15) is 0 Å². The highest BCUT2D eigenvalue weighted by Gasteiger charge is 2.27. The van der Waals surface area contributed by atoms with E-state index in [4.69, 9.17) is 4.74 Å². The summed E-state index contributed by atoms with van der Waals surface area (Å²) in [5.74, 6) is 0.730. The van der Waals surface area contributed by atoms with E-state index in [2.05, 4.69) is 21.2 Å². The van der Waals surface area contributed by atoms with Crippen molar-refractivity contribution in [1.82, 2.24) is 14.8 Å². The summed E-state index contributed by atoms with van der Waals surface area (Å²) < 4.78 is 8.08. The van der Waals surface area contributed by atoms with Crippen molar-refractivity contribution in [3.05, 3.63) is 64.3 Å². The summed E-state index contributed by atoms with van der Waals surface area (Å²) in [6.45, 7) is 1.27. The summed E-state index contributed by atoms with van der Waals surface area (Å²) in [4.78, 5) is 27.6. The minimum Gasteiger partial charge on any atom is -0.496 e. The van der Waals surface area contributed by atoms with Gasteiger partial charge in [0.2, 0.25) is 5.91 Å². The van der Waals surface area contributed by atoms with Crippen LogP contribution in [0, 0.1) is 0 Å². The van der Waals surface area contributed by atoms with Crippen molar-refractivity contribution in [1.29, 1.82) is 0 Å². The van der Waals surface area contributed by atoms with Crippen LogP contribution in [0.5, 0.6) is 5.75 Å². The van der Waals surface area contributed by atoms with Crippen LogP contribution in [0.1, 0.15) is 28.9 Å². The number of amides is 2. The van der Waals surface area contributed by atoms with Gasteiger partial charge in [0.05, 0.1) is 18.0 Å². The van der Waals surface area contributed by atoms with Crippen LogP contribution in [0.4, 0.5) is 0 Å². The Morgan fingerprint density at radius 2 is 1.77 bits per heavy atom. The van der Waals surface area contributed by atoms with E-state index in [1.807, 2.05) is 65.0 Å². The average Bonchev–Trinajstić information content (AvgIpc) is 3.05. The Bertz CT molecular complexity index is 1080. The smallest absolute Gasteiger partial charge is 0.269 e. The van der Waals surface area contributed by atoms with Crippen LogP contribution in [0.3, 0.4) is 0 Å². The third-order valence-corrected chi connectivity index (χ3v) is 6.78. The highest BCUT2D eigenvalue weighted by atomic mass is 79.9. The molecule has 1 aliphatic rings. The van der Waals surface area contributed by atoms with Gasteiger partial charge in [0.25, 0.3) is 5.91 Å². The summed E-state index contributed by atoms with van der Waals surface area (Å²) in [5.41, 5.74) is 2.53. The highest BCUT2D eigenvalue weighted by Crippen LogP contribution is 2.30. The number of carbonyl (C=O) groups excluding carboxylic acids is 2. The molecule has 2 heterocycles. The number of fused-ring (bicyclic) bond motifs is 1. The van der Waals surface area contributed by atoms with E-state index in [-0.39, 0.29) is 17.9 Å². The first-order chi connectivity index (χ1) is 15.0. The summed E-state index contributed by atoms with van der Waals surface area (Å²) in [6, 6.07) is 15.6. The number of hydrogen-bond donors (Lipinski definition) is 1. The van der Waals surface area contributed by atoms with Gasteiger partial charge in [-0.3, -0.25) is 9.59 Å². The maximum Gasteiger partial charge on any atom is 0.269 e. The molecule has 0 atom stereocenters. The van der Waals surface area contributed by atoms with Gasteiger partial charge in [0.15, 0.2) is 0 Å². The maximum absolute atomic E-state index is 13.0. The predicted octanol–water partition coefficient (Wildman–Crippen LogP) is 3.91. The lowest BCUT2D eigenvalue weighted by Crippen LogP contribution is -2.47. The zero-order valence-corrected chi connectivity index (χ0v) is 19.3. The van der Waals surface area contributed by atoms with Crippen molar-refractivity contribution in [2.45, 2.75) is 25.3 Å². The lowest BCUT2D eigenvalue weighted by atomic mass is 10.0. The zero-order valence-electron chi connectivity index (χ0n) is 17.7. The Balaban J connectivity index is 1.36. The van der Waals surface area contributed by atoms with Crippen LogP contribution >= 0.6 is 15.9 Å². The van der Waals surface area contributed by atoms with Gasteiger partial charge in [-0.25, -0.2) is 0 Å². The second-order valence-corrected chi connectivity index (χ2v) is 8.65. The highest BCUT2D eigenvalue weighted by molar-refractivity contribution is 9.10. The number of carbonyl (C=O) groups is 2. The number of halogens is 1. The molecule has 2 amide bonds. The number of hydrogen-bond acceptors (Lipinski definition) is 3. The molecule has 6 nitrogen and oxygen atoms in total. The first-order valence-corrected chi connectivity index (χ1v) is 11.2. The van der Waals surface area contributed by atoms with Crippen molar-refractivity contribution < 1.29 is 14.3 Å². The third-order valence-electron chi connectivity index (χ3n) is 5.98. The number of nitrogens with one attached hydrogen (secondary N) is 1. The second-order valence-electron chi connectivity index (χ2n) is 7.86. The van der Waals surface area contributed by atoms with Gasteiger partial charge in [0.1, 0.15) is 11.4 Å². The lowest BCUT2D eigenvalue weighted by Gasteiger charge is -2.32. The molecule has 0 aliphatic carbocycles. The van der Waals surface area contributed by atoms with Gasteiger partial charge in [-0.05, 0) is 40.9 Å². The van der Waals surface area contributed by atoms with Crippen LogP contribution in [-0.4, -0.2) is 47.5 Å². The Morgan fingerprint density at radius 1 is 1.10 bits per heavy atom. The molecule has 4 rings (SSSR count). The Morgan fingerprint density at radius 3 is 2.48 bits per heavy atom. The number of ether oxygens (including phenoxy) is 1. The number of nitrogens with zero attached hydrogens (tertiary/aromatic N) is 2. The van der Waals surface area contributed by atoms with E-state index < -0.39 is 0 Å². The number of aryl methyl sites for hydroxylation is 1. The molecule has 1 fully saturated rings. The molecule has 31 heavy (non-hydrogen) atoms. The summed E-state index contributed by atoms with van der Waals surface area (Å²) >= 11 is 3.60. The van der Waals surface area contributed by atoms with Crippen molar-refractivity contribution in [3.63, 3.8) is 0 Å². The predicted molar refractivity (Wildman–Crippen MR) is 124 cm³/mol. The monoisotopic (exact) mass is 483 g/mol. The molecular weight excluding hydrogens is 458 g/mol. The molecule has 1 aromatic heterocycles. The summed E-state index contributed by atoms with van der Waals surface area (Å²) in [6.07, 6.45) is 1.81. The minimum absolute atomic E-state index is 0.0488. The number of benzene rings is 2. The number of likely N-dealkylation sites (tertiary alicyclic amines) is 1. The molecule has 0 saturated carbocycles. The molecule has 0 unspecified atom stereocenters. The topological polar surface area (TPSA) is 63.6 Å². The van der Waals surface area contributed by atoms with Crippen molar-refractivity contribution in [2.75, 3.05) is 20.2 Å². The number of para-hydroxylation sites is 2. The van der Waals surface area contributed by atoms with Crippen LogP contribution < -0.4 is 10.1 Å². The molecule has 0 radical (unpaired) electrons. The number of rotatable bonds is 5. The first kappa shape index (κ1) is 21.4. The van der Waals surface area contributed by atoms with Crippen LogP contribution in [0.25, 0.3) is 10.9 Å². The van der Waals surface area contributed by atoms with Crippen molar-refractivity contribution >= 4 is 38.6 Å².